The van der Waals surface area contributed by atoms with Gasteiger partial charge in [-0.15, -0.1) is 0 Å². The summed E-state index contributed by atoms with van der Waals surface area (Å²) in [5, 5.41) is 6.01. The van der Waals surface area contributed by atoms with Gasteiger partial charge in [-0.2, -0.15) is 0 Å². The molecule has 1 saturated carbocycles. The molecule has 1 unspecified atom stereocenters. The lowest BCUT2D eigenvalue weighted by Crippen LogP contribution is -2.21. The number of thiocarbonyl (C=S) groups is 1. The maximum atomic E-state index is 11.6. The monoisotopic (exact) mass is 232 g/mol. The van der Waals surface area contributed by atoms with Gasteiger partial charge in [0.05, 0.1) is 0 Å². The maximum Gasteiger partial charge on any atom is 0.253 e. The zero-order valence-electron chi connectivity index (χ0n) is 8.69. The number of rotatable bonds is 2. The normalized spacial score (nSPS) is 24.1. The minimum atomic E-state index is -0.314. The molecule has 1 saturated heterocycles. The van der Waals surface area contributed by atoms with E-state index in [1.165, 1.54) is 18.4 Å². The van der Waals surface area contributed by atoms with Crippen LogP contribution < -0.4 is 10.6 Å². The van der Waals surface area contributed by atoms with E-state index in [1.54, 1.807) is 0 Å². The van der Waals surface area contributed by atoms with E-state index in [0.29, 0.717) is 11.0 Å². The van der Waals surface area contributed by atoms with E-state index in [1.807, 2.05) is 12.1 Å². The molecule has 3 rings (SSSR count). The molecule has 1 aromatic rings. The quantitative estimate of drug-likeness (QED) is 0.761. The summed E-state index contributed by atoms with van der Waals surface area (Å²) in [5.74, 6) is 0.648. The molecule has 0 aromatic heterocycles. The van der Waals surface area contributed by atoms with Crippen LogP contribution in [0.5, 0.6) is 0 Å². The molecule has 2 N–H and O–H groups in total. The summed E-state index contributed by atoms with van der Waals surface area (Å²) >= 11 is 4.93. The van der Waals surface area contributed by atoms with Gasteiger partial charge in [0, 0.05) is 0 Å². The maximum absolute atomic E-state index is 11.6. The molecule has 1 amide bonds. The molecule has 0 spiro atoms. The number of hydrogen-bond acceptors (Lipinski definition) is 2. The Labute approximate surface area is 99.2 Å². The Hall–Kier alpha value is -1.42. The first-order chi connectivity index (χ1) is 7.74. The first kappa shape index (κ1) is 9.78. The van der Waals surface area contributed by atoms with Crippen LogP contribution in [0.2, 0.25) is 0 Å². The van der Waals surface area contributed by atoms with E-state index >= 15 is 0 Å². The van der Waals surface area contributed by atoms with Gasteiger partial charge in [-0.05, 0) is 42.1 Å². The summed E-state index contributed by atoms with van der Waals surface area (Å²) in [6, 6.07) is 7.91. The molecule has 16 heavy (non-hydrogen) atoms. The molecule has 1 aliphatic heterocycles. The summed E-state index contributed by atoms with van der Waals surface area (Å²) in [5.41, 5.74) is 2.34. The van der Waals surface area contributed by atoms with Gasteiger partial charge in [-0.3, -0.25) is 4.79 Å². The highest BCUT2D eigenvalue weighted by Gasteiger charge is 2.30. The standard InChI is InChI=1S/C12H12N2OS/c15-11-10(13-12(16)14-11)9-3-1-2-8(6-9)7-4-5-7/h1-3,6-7,10H,4-5H2,(H2,13,14,15,16). The molecule has 1 atom stereocenters. The summed E-state index contributed by atoms with van der Waals surface area (Å²) in [6.45, 7) is 0. The van der Waals surface area contributed by atoms with Gasteiger partial charge < -0.3 is 10.6 Å². The van der Waals surface area contributed by atoms with Crippen LogP contribution in [0.1, 0.15) is 35.9 Å². The van der Waals surface area contributed by atoms with Crippen molar-refractivity contribution in [2.75, 3.05) is 0 Å². The third-order valence-corrected chi connectivity index (χ3v) is 3.29. The zero-order valence-corrected chi connectivity index (χ0v) is 9.51. The van der Waals surface area contributed by atoms with Crippen LogP contribution in [-0.2, 0) is 4.79 Å². The molecular weight excluding hydrogens is 220 g/mol. The molecule has 1 aromatic carbocycles. The van der Waals surface area contributed by atoms with Gasteiger partial charge in [-0.1, -0.05) is 24.3 Å². The van der Waals surface area contributed by atoms with Crippen LogP contribution in [0.15, 0.2) is 24.3 Å². The minimum Gasteiger partial charge on any atom is -0.347 e. The summed E-state index contributed by atoms with van der Waals surface area (Å²) in [6.07, 6.45) is 2.54. The van der Waals surface area contributed by atoms with Crippen LogP contribution in [-0.4, -0.2) is 11.0 Å². The van der Waals surface area contributed by atoms with E-state index in [2.05, 4.69) is 22.8 Å². The lowest BCUT2D eigenvalue weighted by Gasteiger charge is -2.09. The molecule has 1 aliphatic carbocycles. The zero-order chi connectivity index (χ0) is 11.1. The Morgan fingerprint density at radius 1 is 1.25 bits per heavy atom. The van der Waals surface area contributed by atoms with Crippen LogP contribution in [0, 0.1) is 0 Å². The molecule has 2 fully saturated rings. The lowest BCUT2D eigenvalue weighted by molar-refractivity contribution is -0.120. The van der Waals surface area contributed by atoms with E-state index < -0.39 is 0 Å². The van der Waals surface area contributed by atoms with E-state index in [9.17, 15) is 4.79 Å². The number of nitrogens with one attached hydrogen (secondary N) is 2. The third kappa shape index (κ3) is 1.69. The summed E-state index contributed by atoms with van der Waals surface area (Å²) in [7, 11) is 0. The van der Waals surface area contributed by atoms with Gasteiger partial charge in [0.15, 0.2) is 5.11 Å². The number of amides is 1. The second kappa shape index (κ2) is 3.56. The number of benzene rings is 1. The van der Waals surface area contributed by atoms with Crippen molar-refractivity contribution in [3.63, 3.8) is 0 Å². The number of carbonyl (C=O) groups is 1. The molecule has 1 heterocycles. The molecule has 3 nitrogen and oxygen atoms in total. The van der Waals surface area contributed by atoms with Crippen LogP contribution in [0.25, 0.3) is 0 Å². The van der Waals surface area contributed by atoms with Gasteiger partial charge in [0.25, 0.3) is 5.91 Å². The lowest BCUT2D eigenvalue weighted by atomic mass is 10.0. The Morgan fingerprint density at radius 3 is 2.62 bits per heavy atom. The molecule has 4 heteroatoms. The fourth-order valence-electron chi connectivity index (χ4n) is 2.06. The fraction of sp³-hybridized carbons (Fsp3) is 0.333. The molecular formula is C12H12N2OS. The summed E-state index contributed by atoms with van der Waals surface area (Å²) < 4.78 is 0. The van der Waals surface area contributed by atoms with Crippen molar-refractivity contribution < 1.29 is 4.79 Å². The summed E-state index contributed by atoms with van der Waals surface area (Å²) in [4.78, 5) is 11.6. The Morgan fingerprint density at radius 2 is 2.00 bits per heavy atom. The second-order valence-corrected chi connectivity index (χ2v) is 4.75. The molecule has 82 valence electrons. The molecule has 0 bridgehead atoms. The fourth-order valence-corrected chi connectivity index (χ4v) is 2.28. The Bertz CT molecular complexity index is 468. The first-order valence-electron chi connectivity index (χ1n) is 5.45. The van der Waals surface area contributed by atoms with Crippen molar-refractivity contribution in [3.8, 4) is 0 Å². The highest BCUT2D eigenvalue weighted by molar-refractivity contribution is 7.80. The van der Waals surface area contributed by atoms with Crippen molar-refractivity contribution in [2.45, 2.75) is 24.8 Å². The molecule has 2 aliphatic rings. The predicted molar refractivity (Wildman–Crippen MR) is 65.0 cm³/mol. The smallest absolute Gasteiger partial charge is 0.253 e. The number of carbonyl (C=O) groups excluding carboxylic acids is 1. The predicted octanol–water partition coefficient (Wildman–Crippen LogP) is 1.61. The topological polar surface area (TPSA) is 41.1 Å². The largest absolute Gasteiger partial charge is 0.347 e. The van der Waals surface area contributed by atoms with Gasteiger partial charge in [0.1, 0.15) is 6.04 Å². The SMILES string of the molecule is O=C1NC(=S)NC1c1cccc(C2CC2)c1. The molecule has 0 radical (unpaired) electrons. The average Bonchev–Trinajstić information content (AvgIpc) is 3.05. The third-order valence-electron chi connectivity index (χ3n) is 3.07. The van der Waals surface area contributed by atoms with E-state index in [0.717, 1.165) is 5.56 Å². The minimum absolute atomic E-state index is 0.0575. The van der Waals surface area contributed by atoms with Crippen molar-refractivity contribution in [1.82, 2.24) is 10.6 Å². The highest BCUT2D eigenvalue weighted by Crippen LogP contribution is 2.40. The highest BCUT2D eigenvalue weighted by atomic mass is 32.1. The Balaban J connectivity index is 1.90. The first-order valence-corrected chi connectivity index (χ1v) is 5.86. The van der Waals surface area contributed by atoms with Crippen LogP contribution in [0.4, 0.5) is 0 Å². The van der Waals surface area contributed by atoms with Gasteiger partial charge in [0.2, 0.25) is 0 Å². The van der Waals surface area contributed by atoms with Crippen molar-refractivity contribution >= 4 is 23.2 Å². The van der Waals surface area contributed by atoms with Crippen LogP contribution in [0.3, 0.4) is 0 Å². The van der Waals surface area contributed by atoms with Crippen molar-refractivity contribution in [1.29, 1.82) is 0 Å². The Kier molecular flexibility index (Phi) is 2.17. The van der Waals surface area contributed by atoms with Gasteiger partial charge >= 0.3 is 0 Å². The number of hydrogen-bond donors (Lipinski definition) is 2. The van der Waals surface area contributed by atoms with E-state index in [-0.39, 0.29) is 11.9 Å². The van der Waals surface area contributed by atoms with Gasteiger partial charge in [-0.25, -0.2) is 0 Å². The van der Waals surface area contributed by atoms with Crippen molar-refractivity contribution in [3.05, 3.63) is 35.4 Å². The average molecular weight is 232 g/mol. The van der Waals surface area contributed by atoms with E-state index in [4.69, 9.17) is 12.2 Å². The van der Waals surface area contributed by atoms with Crippen LogP contribution >= 0.6 is 12.2 Å². The van der Waals surface area contributed by atoms with Crippen molar-refractivity contribution in [2.24, 2.45) is 0 Å². The second-order valence-electron chi connectivity index (χ2n) is 4.34.